The molecule has 0 bridgehead atoms. The zero-order valence-electron chi connectivity index (χ0n) is 18.9. The Morgan fingerprint density at radius 1 is 1.12 bits per heavy atom. The summed E-state index contributed by atoms with van der Waals surface area (Å²) in [6, 6.07) is 11.9. The molecule has 2 amide bonds. The van der Waals surface area contributed by atoms with Crippen molar-refractivity contribution in [2.45, 2.75) is 32.4 Å². The molecule has 1 saturated heterocycles. The number of hydrogen-bond acceptors (Lipinski definition) is 4. The van der Waals surface area contributed by atoms with Gasteiger partial charge in [0, 0.05) is 50.2 Å². The van der Waals surface area contributed by atoms with Gasteiger partial charge in [0.2, 0.25) is 5.91 Å². The van der Waals surface area contributed by atoms with Crippen LogP contribution in [0.4, 0.5) is 9.18 Å². The summed E-state index contributed by atoms with van der Waals surface area (Å²) < 4.78 is 18.3. The molecule has 3 rings (SSSR count). The summed E-state index contributed by atoms with van der Waals surface area (Å²) in [5, 5.41) is 0.556. The summed E-state index contributed by atoms with van der Waals surface area (Å²) in [6.07, 6.45) is 2.88. The van der Waals surface area contributed by atoms with Crippen LogP contribution in [0.3, 0.4) is 0 Å². The van der Waals surface area contributed by atoms with Crippen LogP contribution >= 0.6 is 11.6 Å². The summed E-state index contributed by atoms with van der Waals surface area (Å²) in [6.45, 7) is 7.01. The number of benzene rings is 2. The van der Waals surface area contributed by atoms with Gasteiger partial charge in [-0.1, -0.05) is 29.8 Å². The number of amides is 2. The Bertz CT molecular complexity index is 1020. The van der Waals surface area contributed by atoms with Crippen LogP contribution in [-0.4, -0.2) is 53.6 Å². The maximum absolute atomic E-state index is 13.1. The molecule has 2 aromatic rings. The Morgan fingerprint density at radius 2 is 1.79 bits per heavy atom. The fourth-order valence-corrected chi connectivity index (χ4v) is 4.09. The van der Waals surface area contributed by atoms with Crippen LogP contribution in [0.2, 0.25) is 5.02 Å². The zero-order valence-corrected chi connectivity index (χ0v) is 19.6. The summed E-state index contributed by atoms with van der Waals surface area (Å²) in [7, 11) is 0. The Labute approximate surface area is 198 Å². The molecule has 2 aromatic carbocycles. The van der Waals surface area contributed by atoms with Crippen molar-refractivity contribution in [2.24, 2.45) is 5.73 Å². The molecule has 176 valence electrons. The second-order valence-corrected chi connectivity index (χ2v) is 9.20. The van der Waals surface area contributed by atoms with Gasteiger partial charge in [0.25, 0.3) is 0 Å². The van der Waals surface area contributed by atoms with Gasteiger partial charge in [0.15, 0.2) is 0 Å². The summed E-state index contributed by atoms with van der Waals surface area (Å²) >= 11 is 6.16. The molecule has 1 heterocycles. The minimum absolute atomic E-state index is 0.0648. The van der Waals surface area contributed by atoms with Crippen molar-refractivity contribution in [3.8, 4) is 0 Å². The lowest BCUT2D eigenvalue weighted by Crippen LogP contribution is -2.47. The third-order valence-corrected chi connectivity index (χ3v) is 5.74. The predicted molar refractivity (Wildman–Crippen MR) is 127 cm³/mol. The highest BCUT2D eigenvalue weighted by Gasteiger charge is 2.24. The number of hydrogen-bond donors (Lipinski definition) is 1. The Kier molecular flexibility index (Phi) is 8.10. The van der Waals surface area contributed by atoms with Crippen LogP contribution < -0.4 is 5.73 Å². The first-order valence-corrected chi connectivity index (χ1v) is 11.2. The van der Waals surface area contributed by atoms with Crippen LogP contribution in [0.15, 0.2) is 48.5 Å². The molecule has 1 aliphatic heterocycles. The first kappa shape index (κ1) is 24.7. The number of carbonyl (C=O) groups is 2. The highest BCUT2D eigenvalue weighted by molar-refractivity contribution is 6.30. The molecule has 0 aliphatic carbocycles. The monoisotopic (exact) mass is 473 g/mol. The molecule has 33 heavy (non-hydrogen) atoms. The van der Waals surface area contributed by atoms with Crippen LogP contribution in [0.25, 0.3) is 6.08 Å². The fourth-order valence-electron chi connectivity index (χ4n) is 3.90. The van der Waals surface area contributed by atoms with E-state index in [1.165, 1.54) is 12.1 Å². The predicted octanol–water partition coefficient (Wildman–Crippen LogP) is 4.25. The van der Waals surface area contributed by atoms with E-state index in [2.05, 4.69) is 4.90 Å². The molecule has 0 unspecified atom stereocenters. The number of piperazine rings is 1. The zero-order chi connectivity index (χ0) is 24.0. The van der Waals surface area contributed by atoms with E-state index in [4.69, 9.17) is 22.1 Å². The van der Waals surface area contributed by atoms with E-state index in [0.29, 0.717) is 24.5 Å². The van der Waals surface area contributed by atoms with Crippen molar-refractivity contribution < 1.29 is 18.7 Å². The van der Waals surface area contributed by atoms with Gasteiger partial charge in [0.1, 0.15) is 11.4 Å². The van der Waals surface area contributed by atoms with Gasteiger partial charge in [-0.05, 0) is 60.9 Å². The molecule has 0 atom stereocenters. The summed E-state index contributed by atoms with van der Waals surface area (Å²) in [4.78, 5) is 28.0. The molecule has 0 saturated carbocycles. The molecule has 0 aromatic heterocycles. The average molecular weight is 474 g/mol. The molecule has 2 N–H and O–H groups in total. The van der Waals surface area contributed by atoms with Gasteiger partial charge in [-0.25, -0.2) is 9.18 Å². The quantitative estimate of drug-likeness (QED) is 0.610. The van der Waals surface area contributed by atoms with E-state index in [0.717, 1.165) is 36.3 Å². The minimum Gasteiger partial charge on any atom is -0.443 e. The number of nitrogens with two attached hydrogens (primary N) is 1. The standard InChI is InChI=1S/C25H29ClFN3O3/c1-25(2,33-24(28)32)16-20-15-21(26)7-5-19(20)6-10-23(31)30-13-11-29(12-14-30)17-18-3-8-22(27)9-4-18/h3-10,15H,11-14,16-17H2,1-2H3,(H2,28,32)/b10-6+. The van der Waals surface area contributed by atoms with Crippen molar-refractivity contribution >= 4 is 29.7 Å². The van der Waals surface area contributed by atoms with Crippen LogP contribution in [0.5, 0.6) is 0 Å². The fraction of sp³-hybridized carbons (Fsp3) is 0.360. The normalized spacial score (nSPS) is 15.1. The molecule has 0 spiro atoms. The van der Waals surface area contributed by atoms with E-state index >= 15 is 0 Å². The van der Waals surface area contributed by atoms with E-state index < -0.39 is 11.7 Å². The lowest BCUT2D eigenvalue weighted by Gasteiger charge is -2.34. The first-order valence-electron chi connectivity index (χ1n) is 10.8. The molecule has 0 radical (unpaired) electrons. The number of carbonyl (C=O) groups excluding carboxylic acids is 2. The van der Waals surface area contributed by atoms with Crippen molar-refractivity contribution in [3.63, 3.8) is 0 Å². The highest BCUT2D eigenvalue weighted by atomic mass is 35.5. The van der Waals surface area contributed by atoms with Crippen molar-refractivity contribution in [3.05, 3.63) is 76.1 Å². The lowest BCUT2D eigenvalue weighted by molar-refractivity contribution is -0.127. The third-order valence-electron chi connectivity index (χ3n) is 5.51. The Balaban J connectivity index is 1.59. The van der Waals surface area contributed by atoms with Gasteiger partial charge in [0.05, 0.1) is 0 Å². The number of rotatable bonds is 7. The van der Waals surface area contributed by atoms with Crippen LogP contribution in [0.1, 0.15) is 30.5 Å². The number of ether oxygens (including phenoxy) is 1. The van der Waals surface area contributed by atoms with Gasteiger partial charge >= 0.3 is 6.09 Å². The summed E-state index contributed by atoms with van der Waals surface area (Å²) in [5.74, 6) is -0.307. The van der Waals surface area contributed by atoms with Gasteiger partial charge in [-0.2, -0.15) is 0 Å². The molecular formula is C25H29ClFN3O3. The van der Waals surface area contributed by atoms with Crippen molar-refractivity contribution in [1.29, 1.82) is 0 Å². The van der Waals surface area contributed by atoms with E-state index in [9.17, 15) is 14.0 Å². The number of primary amides is 1. The second-order valence-electron chi connectivity index (χ2n) is 8.76. The summed E-state index contributed by atoms with van der Waals surface area (Å²) in [5.41, 5.74) is 7.08. The van der Waals surface area contributed by atoms with Gasteiger partial charge in [-0.3, -0.25) is 9.69 Å². The maximum atomic E-state index is 13.1. The van der Waals surface area contributed by atoms with Gasteiger partial charge in [-0.15, -0.1) is 0 Å². The van der Waals surface area contributed by atoms with Gasteiger partial charge < -0.3 is 15.4 Å². The van der Waals surface area contributed by atoms with Crippen LogP contribution in [0, 0.1) is 5.82 Å². The first-order chi connectivity index (χ1) is 15.6. The second kappa shape index (κ2) is 10.8. The van der Waals surface area contributed by atoms with E-state index in [1.807, 2.05) is 11.0 Å². The molecule has 8 heteroatoms. The Morgan fingerprint density at radius 3 is 2.42 bits per heavy atom. The highest BCUT2D eigenvalue weighted by Crippen LogP contribution is 2.24. The molecule has 1 fully saturated rings. The SMILES string of the molecule is CC(C)(Cc1cc(Cl)ccc1/C=C/C(=O)N1CCN(Cc2ccc(F)cc2)CC1)OC(N)=O. The van der Waals surface area contributed by atoms with Crippen LogP contribution in [-0.2, 0) is 22.5 Å². The minimum atomic E-state index is -0.840. The topological polar surface area (TPSA) is 75.9 Å². The van der Waals surface area contributed by atoms with E-state index in [1.54, 1.807) is 50.3 Å². The molecular weight excluding hydrogens is 445 g/mol. The molecule has 1 aliphatic rings. The maximum Gasteiger partial charge on any atom is 0.405 e. The molecule has 6 nitrogen and oxygen atoms in total. The Hall–Kier alpha value is -2.90. The van der Waals surface area contributed by atoms with E-state index in [-0.39, 0.29) is 11.7 Å². The smallest absolute Gasteiger partial charge is 0.405 e. The average Bonchev–Trinajstić information content (AvgIpc) is 2.74. The number of halogens is 2. The van der Waals surface area contributed by atoms with Crippen molar-refractivity contribution in [2.75, 3.05) is 26.2 Å². The number of nitrogens with zero attached hydrogens (tertiary/aromatic N) is 2. The van der Waals surface area contributed by atoms with Crippen molar-refractivity contribution in [1.82, 2.24) is 9.80 Å². The third kappa shape index (κ3) is 7.58. The largest absolute Gasteiger partial charge is 0.443 e. The lowest BCUT2D eigenvalue weighted by atomic mass is 9.94.